The van der Waals surface area contributed by atoms with Gasteiger partial charge in [0.25, 0.3) is 0 Å². The first-order valence-corrected chi connectivity index (χ1v) is 6.40. The molecule has 0 fully saturated rings. The Bertz CT molecular complexity index is 731. The minimum absolute atomic E-state index is 0.119. The number of likely N-dealkylation sites (N-methyl/N-ethyl adjacent to an activating group) is 1. The number of carbonyl (C=O) groups excluding carboxylic acids is 1. The zero-order chi connectivity index (χ0) is 14.1. The minimum atomic E-state index is 0.119. The van der Waals surface area contributed by atoms with Crippen LogP contribution in [0.5, 0.6) is 0 Å². The molecule has 2 heterocycles. The normalized spacial score (nSPS) is 13.2. The number of fused-ring (bicyclic) bond motifs is 1. The maximum Gasteiger partial charge on any atom is 0.231 e. The highest BCUT2D eigenvalue weighted by molar-refractivity contribution is 6.01. The van der Waals surface area contributed by atoms with Crippen LogP contribution in [0, 0.1) is 11.3 Å². The van der Waals surface area contributed by atoms with Crippen molar-refractivity contribution in [2.24, 2.45) is 0 Å². The number of carbonyl (C=O) groups is 1. The Morgan fingerprint density at radius 3 is 2.95 bits per heavy atom. The highest BCUT2D eigenvalue weighted by Crippen LogP contribution is 2.31. The van der Waals surface area contributed by atoms with Crippen LogP contribution in [0.1, 0.15) is 11.1 Å². The predicted molar refractivity (Wildman–Crippen MR) is 76.1 cm³/mol. The van der Waals surface area contributed by atoms with Crippen LogP contribution in [-0.4, -0.2) is 17.9 Å². The van der Waals surface area contributed by atoms with Crippen molar-refractivity contribution in [3.05, 3.63) is 47.8 Å². The fraction of sp³-hybridized carbons (Fsp3) is 0.188. The number of hydrogen-bond donors (Lipinski definition) is 0. The second-order valence-corrected chi connectivity index (χ2v) is 4.89. The number of rotatable bonds is 2. The Morgan fingerprint density at radius 1 is 1.30 bits per heavy atom. The molecular formula is C16H13N3O. The average molecular weight is 263 g/mol. The zero-order valence-electron chi connectivity index (χ0n) is 11.1. The molecule has 1 amide bonds. The summed E-state index contributed by atoms with van der Waals surface area (Å²) in [5.74, 6) is 0.119. The van der Waals surface area contributed by atoms with Crippen LogP contribution in [0.25, 0.3) is 11.1 Å². The van der Waals surface area contributed by atoms with Crippen LogP contribution < -0.4 is 4.90 Å². The Balaban J connectivity index is 2.01. The largest absolute Gasteiger partial charge is 0.315 e. The highest BCUT2D eigenvalue weighted by atomic mass is 16.2. The number of benzene rings is 1. The monoisotopic (exact) mass is 263 g/mol. The van der Waals surface area contributed by atoms with Gasteiger partial charge in [-0.05, 0) is 34.9 Å². The van der Waals surface area contributed by atoms with Crippen LogP contribution in [-0.2, 0) is 17.6 Å². The molecule has 3 rings (SSSR count). The van der Waals surface area contributed by atoms with Crippen LogP contribution in [0.15, 0.2) is 36.7 Å². The SMILES string of the molecule is CN1C(=O)Cc2cc(-c3cncc(CC#N)c3)ccc21. The summed E-state index contributed by atoms with van der Waals surface area (Å²) >= 11 is 0. The van der Waals surface area contributed by atoms with Crippen molar-refractivity contribution in [2.45, 2.75) is 12.8 Å². The smallest absolute Gasteiger partial charge is 0.231 e. The molecule has 0 unspecified atom stereocenters. The molecule has 4 nitrogen and oxygen atoms in total. The van der Waals surface area contributed by atoms with E-state index in [0.717, 1.165) is 27.9 Å². The van der Waals surface area contributed by atoms with Gasteiger partial charge in [0.1, 0.15) is 0 Å². The van der Waals surface area contributed by atoms with Crippen LogP contribution in [0.3, 0.4) is 0 Å². The van der Waals surface area contributed by atoms with Gasteiger partial charge in [-0.1, -0.05) is 6.07 Å². The molecule has 20 heavy (non-hydrogen) atoms. The molecule has 1 aliphatic heterocycles. The summed E-state index contributed by atoms with van der Waals surface area (Å²) in [5, 5.41) is 8.75. The molecule has 0 radical (unpaired) electrons. The molecule has 0 saturated carbocycles. The molecule has 0 atom stereocenters. The van der Waals surface area contributed by atoms with Crippen molar-refractivity contribution >= 4 is 11.6 Å². The number of anilines is 1. The van der Waals surface area contributed by atoms with Gasteiger partial charge in [-0.15, -0.1) is 0 Å². The van der Waals surface area contributed by atoms with Crippen molar-refractivity contribution in [3.63, 3.8) is 0 Å². The minimum Gasteiger partial charge on any atom is -0.315 e. The molecule has 98 valence electrons. The number of nitriles is 1. The first-order chi connectivity index (χ1) is 9.69. The molecule has 4 heteroatoms. The molecule has 2 aromatic rings. The quantitative estimate of drug-likeness (QED) is 0.835. The second kappa shape index (κ2) is 4.78. The number of amides is 1. The standard InChI is InChI=1S/C16H13N3O/c1-19-15-3-2-12(7-13(15)8-16(19)20)14-6-11(4-5-17)9-18-10-14/h2-3,6-7,9-10H,4,8H2,1H3. The third kappa shape index (κ3) is 2.04. The summed E-state index contributed by atoms with van der Waals surface area (Å²) in [5.41, 5.74) is 4.92. The number of aromatic nitrogens is 1. The van der Waals surface area contributed by atoms with Gasteiger partial charge in [0, 0.05) is 30.7 Å². The summed E-state index contributed by atoms with van der Waals surface area (Å²) in [7, 11) is 1.79. The van der Waals surface area contributed by atoms with E-state index in [4.69, 9.17) is 5.26 Å². The molecule has 1 aromatic heterocycles. The van der Waals surface area contributed by atoms with Crippen molar-refractivity contribution in [3.8, 4) is 17.2 Å². The first-order valence-electron chi connectivity index (χ1n) is 6.40. The van der Waals surface area contributed by atoms with Crippen molar-refractivity contribution < 1.29 is 4.79 Å². The number of hydrogen-bond acceptors (Lipinski definition) is 3. The fourth-order valence-corrected chi connectivity index (χ4v) is 2.48. The summed E-state index contributed by atoms with van der Waals surface area (Å²) in [4.78, 5) is 17.6. The van der Waals surface area contributed by atoms with E-state index in [2.05, 4.69) is 11.1 Å². The van der Waals surface area contributed by atoms with E-state index in [0.29, 0.717) is 12.8 Å². The molecule has 1 aliphatic rings. The Morgan fingerprint density at radius 2 is 2.15 bits per heavy atom. The highest BCUT2D eigenvalue weighted by Gasteiger charge is 2.23. The zero-order valence-corrected chi connectivity index (χ0v) is 11.1. The van der Waals surface area contributed by atoms with Gasteiger partial charge in [-0.25, -0.2) is 0 Å². The van der Waals surface area contributed by atoms with Gasteiger partial charge in [0.05, 0.1) is 18.9 Å². The van der Waals surface area contributed by atoms with E-state index in [9.17, 15) is 4.79 Å². The van der Waals surface area contributed by atoms with E-state index in [1.807, 2.05) is 24.3 Å². The topological polar surface area (TPSA) is 57.0 Å². The number of nitrogens with zero attached hydrogens (tertiary/aromatic N) is 3. The van der Waals surface area contributed by atoms with Crippen LogP contribution in [0.4, 0.5) is 5.69 Å². The molecular weight excluding hydrogens is 250 g/mol. The van der Waals surface area contributed by atoms with Crippen LogP contribution >= 0.6 is 0 Å². The van der Waals surface area contributed by atoms with Gasteiger partial charge in [0.2, 0.25) is 5.91 Å². The van der Waals surface area contributed by atoms with E-state index in [1.165, 1.54) is 0 Å². The molecule has 0 N–H and O–H groups in total. The molecule has 1 aromatic carbocycles. The van der Waals surface area contributed by atoms with E-state index >= 15 is 0 Å². The lowest BCUT2D eigenvalue weighted by molar-refractivity contribution is -0.117. The van der Waals surface area contributed by atoms with Crippen molar-refractivity contribution in [1.29, 1.82) is 5.26 Å². The lowest BCUT2D eigenvalue weighted by Gasteiger charge is -2.10. The van der Waals surface area contributed by atoms with E-state index in [1.54, 1.807) is 24.3 Å². The summed E-state index contributed by atoms with van der Waals surface area (Å²) in [6.07, 6.45) is 4.29. The van der Waals surface area contributed by atoms with Crippen molar-refractivity contribution in [2.75, 3.05) is 11.9 Å². The van der Waals surface area contributed by atoms with Gasteiger partial charge >= 0.3 is 0 Å². The summed E-state index contributed by atoms with van der Waals surface area (Å²) < 4.78 is 0. The van der Waals surface area contributed by atoms with Gasteiger partial charge in [-0.2, -0.15) is 5.26 Å². The Labute approximate surface area is 117 Å². The summed E-state index contributed by atoms with van der Waals surface area (Å²) in [6.45, 7) is 0. The lowest BCUT2D eigenvalue weighted by atomic mass is 10.0. The number of pyridine rings is 1. The van der Waals surface area contributed by atoms with Gasteiger partial charge in [-0.3, -0.25) is 9.78 Å². The van der Waals surface area contributed by atoms with E-state index < -0.39 is 0 Å². The van der Waals surface area contributed by atoms with E-state index in [-0.39, 0.29) is 5.91 Å². The fourth-order valence-electron chi connectivity index (χ4n) is 2.48. The third-order valence-electron chi connectivity index (χ3n) is 3.57. The molecule has 0 saturated heterocycles. The molecule has 0 spiro atoms. The maximum atomic E-state index is 11.7. The molecule has 0 bridgehead atoms. The van der Waals surface area contributed by atoms with Crippen molar-refractivity contribution in [1.82, 2.24) is 4.98 Å². The molecule has 0 aliphatic carbocycles. The summed E-state index contributed by atoms with van der Waals surface area (Å²) in [6, 6.07) is 10.1. The first kappa shape index (κ1) is 12.4. The average Bonchev–Trinajstić information content (AvgIpc) is 2.74. The third-order valence-corrected chi connectivity index (χ3v) is 3.57. The van der Waals surface area contributed by atoms with Gasteiger partial charge < -0.3 is 4.90 Å². The van der Waals surface area contributed by atoms with Crippen LogP contribution in [0.2, 0.25) is 0 Å². The Hall–Kier alpha value is -2.67. The Kier molecular flexibility index (Phi) is 2.96. The van der Waals surface area contributed by atoms with Gasteiger partial charge in [0.15, 0.2) is 0 Å². The lowest BCUT2D eigenvalue weighted by Crippen LogP contribution is -2.20. The second-order valence-electron chi connectivity index (χ2n) is 4.89. The maximum absolute atomic E-state index is 11.7. The predicted octanol–water partition coefficient (Wildman–Crippen LogP) is 2.33.